The first-order chi connectivity index (χ1) is 6.70. The van der Waals surface area contributed by atoms with E-state index in [1.54, 1.807) is 0 Å². The van der Waals surface area contributed by atoms with Crippen molar-refractivity contribution in [3.05, 3.63) is 23.3 Å². The van der Waals surface area contributed by atoms with Crippen LogP contribution in [0.5, 0.6) is 0 Å². The lowest BCUT2D eigenvalue weighted by molar-refractivity contribution is -0.137. The zero-order valence-electron chi connectivity index (χ0n) is 7.78. The first kappa shape index (κ1) is 10.4. The largest absolute Gasteiger partial charge is 0.465 e. The first-order valence-corrected chi connectivity index (χ1v) is 4.17. The summed E-state index contributed by atoms with van der Waals surface area (Å²) in [5.41, 5.74) is 0.652. The van der Waals surface area contributed by atoms with Crippen molar-refractivity contribution >= 4 is 18.0 Å². The van der Waals surface area contributed by atoms with Crippen LogP contribution in [0.2, 0.25) is 0 Å². The van der Waals surface area contributed by atoms with E-state index < -0.39 is 5.97 Å². The predicted octanol–water partition coefficient (Wildman–Crippen LogP) is 0.574. The normalized spacial score (nSPS) is 16.5. The maximum Gasteiger partial charge on any atom is 0.341 e. The molecule has 0 aliphatic heterocycles. The molecule has 0 aromatic heterocycles. The zero-order chi connectivity index (χ0) is 10.6. The third kappa shape index (κ3) is 1.96. The van der Waals surface area contributed by atoms with Crippen LogP contribution in [-0.2, 0) is 19.1 Å². The van der Waals surface area contributed by atoms with E-state index in [9.17, 15) is 14.4 Å². The molecule has 4 nitrogen and oxygen atoms in total. The SMILES string of the molecule is COC(=O)C1=C(/C=C\C=O)CCC1=O. The Kier molecular flexibility index (Phi) is 3.34. The number of methoxy groups -OCH3 is 1. The Bertz CT molecular complexity index is 336. The molecule has 1 aliphatic rings. The molecule has 1 rings (SSSR count). The standard InChI is InChI=1S/C10H10O4/c1-14-10(13)9-7(3-2-6-11)4-5-8(9)12/h2-3,6H,4-5H2,1H3/b3-2-. The van der Waals surface area contributed by atoms with Gasteiger partial charge in [0.15, 0.2) is 5.78 Å². The molecule has 0 amide bonds. The van der Waals surface area contributed by atoms with Gasteiger partial charge in [-0.2, -0.15) is 0 Å². The number of carbonyl (C=O) groups excluding carboxylic acids is 3. The molecule has 0 bridgehead atoms. The lowest BCUT2D eigenvalue weighted by Crippen LogP contribution is -2.11. The van der Waals surface area contributed by atoms with Gasteiger partial charge in [-0.25, -0.2) is 4.79 Å². The van der Waals surface area contributed by atoms with Gasteiger partial charge in [0.2, 0.25) is 0 Å². The maximum atomic E-state index is 11.3. The van der Waals surface area contributed by atoms with Crippen molar-refractivity contribution in [2.24, 2.45) is 0 Å². The van der Waals surface area contributed by atoms with E-state index in [-0.39, 0.29) is 11.4 Å². The quantitative estimate of drug-likeness (QED) is 0.285. The summed E-state index contributed by atoms with van der Waals surface area (Å²) in [7, 11) is 1.22. The van der Waals surface area contributed by atoms with Crippen molar-refractivity contribution in [3.63, 3.8) is 0 Å². The number of esters is 1. The summed E-state index contributed by atoms with van der Waals surface area (Å²) in [6.45, 7) is 0. The highest BCUT2D eigenvalue weighted by Crippen LogP contribution is 2.24. The lowest BCUT2D eigenvalue weighted by atomic mass is 10.1. The van der Waals surface area contributed by atoms with E-state index in [1.165, 1.54) is 19.3 Å². The number of carbonyl (C=O) groups is 3. The van der Waals surface area contributed by atoms with Crippen LogP contribution in [-0.4, -0.2) is 25.1 Å². The fourth-order valence-electron chi connectivity index (χ4n) is 1.35. The summed E-state index contributed by atoms with van der Waals surface area (Å²) in [4.78, 5) is 32.5. The fourth-order valence-corrected chi connectivity index (χ4v) is 1.35. The molecule has 0 saturated heterocycles. The molecule has 0 spiro atoms. The van der Waals surface area contributed by atoms with Crippen LogP contribution >= 0.6 is 0 Å². The number of hydrogen-bond donors (Lipinski definition) is 0. The molecule has 4 heteroatoms. The Labute approximate surface area is 81.2 Å². The number of rotatable bonds is 3. The van der Waals surface area contributed by atoms with E-state index in [0.29, 0.717) is 24.7 Å². The Morgan fingerprint density at radius 1 is 1.43 bits per heavy atom. The summed E-state index contributed by atoms with van der Waals surface area (Å²) in [6.07, 6.45) is 4.14. The van der Waals surface area contributed by atoms with Gasteiger partial charge in [-0.15, -0.1) is 0 Å². The summed E-state index contributed by atoms with van der Waals surface area (Å²) < 4.78 is 4.47. The minimum absolute atomic E-state index is 0.0746. The molecule has 74 valence electrons. The van der Waals surface area contributed by atoms with Gasteiger partial charge in [0, 0.05) is 6.42 Å². The highest BCUT2D eigenvalue weighted by molar-refractivity contribution is 6.20. The van der Waals surface area contributed by atoms with E-state index >= 15 is 0 Å². The van der Waals surface area contributed by atoms with Gasteiger partial charge in [-0.3, -0.25) is 9.59 Å². The number of Topliss-reactive ketones (excluding diaryl/α,β-unsaturated/α-hetero) is 1. The van der Waals surface area contributed by atoms with Crippen LogP contribution in [0.15, 0.2) is 23.3 Å². The molecular weight excluding hydrogens is 184 g/mol. The minimum atomic E-state index is -0.627. The highest BCUT2D eigenvalue weighted by atomic mass is 16.5. The second kappa shape index (κ2) is 4.50. The van der Waals surface area contributed by atoms with Crippen molar-refractivity contribution in [3.8, 4) is 0 Å². The molecule has 0 unspecified atom stereocenters. The minimum Gasteiger partial charge on any atom is -0.465 e. The average molecular weight is 194 g/mol. The van der Waals surface area contributed by atoms with E-state index in [2.05, 4.69) is 4.74 Å². The average Bonchev–Trinajstić information content (AvgIpc) is 2.55. The molecule has 0 aromatic rings. The van der Waals surface area contributed by atoms with Gasteiger partial charge < -0.3 is 4.74 Å². The van der Waals surface area contributed by atoms with Crippen molar-refractivity contribution in [2.75, 3.05) is 7.11 Å². The molecule has 14 heavy (non-hydrogen) atoms. The zero-order valence-corrected chi connectivity index (χ0v) is 7.78. The summed E-state index contributed by atoms with van der Waals surface area (Å²) in [6, 6.07) is 0. The maximum absolute atomic E-state index is 11.3. The van der Waals surface area contributed by atoms with Crippen LogP contribution < -0.4 is 0 Å². The van der Waals surface area contributed by atoms with Crippen molar-refractivity contribution in [1.29, 1.82) is 0 Å². The number of aldehydes is 1. The summed E-state index contributed by atoms with van der Waals surface area (Å²) >= 11 is 0. The molecule has 0 radical (unpaired) electrons. The van der Waals surface area contributed by atoms with Crippen LogP contribution in [0.4, 0.5) is 0 Å². The van der Waals surface area contributed by atoms with E-state index in [1.807, 2.05) is 0 Å². The van der Waals surface area contributed by atoms with Crippen LogP contribution in [0.3, 0.4) is 0 Å². The molecular formula is C10H10O4. The van der Waals surface area contributed by atoms with Crippen LogP contribution in [0, 0.1) is 0 Å². The molecule has 0 atom stereocenters. The smallest absolute Gasteiger partial charge is 0.341 e. The van der Waals surface area contributed by atoms with Gasteiger partial charge in [-0.1, -0.05) is 6.08 Å². The Morgan fingerprint density at radius 3 is 2.71 bits per heavy atom. The van der Waals surface area contributed by atoms with E-state index in [4.69, 9.17) is 0 Å². The van der Waals surface area contributed by atoms with Gasteiger partial charge in [0.25, 0.3) is 0 Å². The Hall–Kier alpha value is -1.71. The second-order valence-corrected chi connectivity index (χ2v) is 2.81. The number of ether oxygens (including phenoxy) is 1. The lowest BCUT2D eigenvalue weighted by Gasteiger charge is -1.99. The van der Waals surface area contributed by atoms with Gasteiger partial charge >= 0.3 is 5.97 Å². The summed E-state index contributed by atoms with van der Waals surface area (Å²) in [5.74, 6) is -0.847. The molecule has 0 saturated carbocycles. The number of allylic oxidation sites excluding steroid dienone is 3. The Balaban J connectivity index is 3.01. The second-order valence-electron chi connectivity index (χ2n) is 2.81. The van der Waals surface area contributed by atoms with Gasteiger partial charge in [0.05, 0.1) is 7.11 Å². The number of ketones is 1. The third-order valence-corrected chi connectivity index (χ3v) is 1.99. The fraction of sp³-hybridized carbons (Fsp3) is 0.300. The van der Waals surface area contributed by atoms with Crippen LogP contribution in [0.1, 0.15) is 12.8 Å². The van der Waals surface area contributed by atoms with E-state index in [0.717, 1.165) is 0 Å². The van der Waals surface area contributed by atoms with Crippen molar-refractivity contribution < 1.29 is 19.1 Å². The Morgan fingerprint density at radius 2 is 2.14 bits per heavy atom. The van der Waals surface area contributed by atoms with Crippen molar-refractivity contribution in [1.82, 2.24) is 0 Å². The molecule has 0 fully saturated rings. The van der Waals surface area contributed by atoms with Gasteiger partial charge in [-0.05, 0) is 18.1 Å². The van der Waals surface area contributed by atoms with Crippen molar-refractivity contribution in [2.45, 2.75) is 12.8 Å². The monoisotopic (exact) mass is 194 g/mol. The number of hydrogen-bond acceptors (Lipinski definition) is 4. The summed E-state index contributed by atoms with van der Waals surface area (Å²) in [5, 5.41) is 0. The first-order valence-electron chi connectivity index (χ1n) is 4.17. The molecule has 0 aromatic carbocycles. The van der Waals surface area contributed by atoms with Gasteiger partial charge in [0.1, 0.15) is 11.9 Å². The molecule has 1 aliphatic carbocycles. The predicted molar refractivity (Wildman–Crippen MR) is 48.5 cm³/mol. The molecule has 0 heterocycles. The highest BCUT2D eigenvalue weighted by Gasteiger charge is 2.27. The molecule has 0 N–H and O–H groups in total. The van der Waals surface area contributed by atoms with Crippen LogP contribution in [0.25, 0.3) is 0 Å². The topological polar surface area (TPSA) is 60.4 Å². The third-order valence-electron chi connectivity index (χ3n) is 1.99.